The topological polar surface area (TPSA) is 112 Å². The Kier molecular flexibility index (Phi) is 8.96. The lowest BCUT2D eigenvalue weighted by molar-refractivity contribution is -0.122. The van der Waals surface area contributed by atoms with Gasteiger partial charge in [0.05, 0.1) is 27.4 Å². The highest BCUT2D eigenvalue weighted by atomic mass is 16.5. The van der Waals surface area contributed by atoms with Crippen molar-refractivity contribution < 1.29 is 23.8 Å². The molecule has 2 amide bonds. The second kappa shape index (κ2) is 11.7. The largest absolute Gasteiger partial charge is 0.493 e. The second-order valence-electron chi connectivity index (χ2n) is 6.61. The molecular weight excluding hydrogens is 386 g/mol. The molecule has 0 spiro atoms. The van der Waals surface area contributed by atoms with Gasteiger partial charge in [0.25, 0.3) is 5.91 Å². The lowest BCUT2D eigenvalue weighted by Crippen LogP contribution is -2.42. The van der Waals surface area contributed by atoms with E-state index < -0.39 is 6.04 Å². The fourth-order valence-electron chi connectivity index (χ4n) is 2.91. The Morgan fingerprint density at radius 3 is 2.10 bits per heavy atom. The van der Waals surface area contributed by atoms with Gasteiger partial charge >= 0.3 is 0 Å². The number of nitrogens with two attached hydrogens (primary N) is 1. The molecule has 2 aromatic rings. The van der Waals surface area contributed by atoms with Crippen LogP contribution in [0, 0.1) is 0 Å². The first kappa shape index (κ1) is 23.0. The van der Waals surface area contributed by atoms with Crippen molar-refractivity contribution in [3.8, 4) is 17.2 Å². The van der Waals surface area contributed by atoms with Crippen LogP contribution < -0.4 is 30.6 Å². The zero-order valence-corrected chi connectivity index (χ0v) is 17.6. The quantitative estimate of drug-likeness (QED) is 0.480. The third-order valence-electron chi connectivity index (χ3n) is 4.50. The fraction of sp³-hybridized carbons (Fsp3) is 0.364. The lowest BCUT2D eigenvalue weighted by atomic mass is 10.1. The van der Waals surface area contributed by atoms with Gasteiger partial charge in [0.15, 0.2) is 11.5 Å². The van der Waals surface area contributed by atoms with Crippen LogP contribution >= 0.6 is 0 Å². The summed E-state index contributed by atoms with van der Waals surface area (Å²) in [6.45, 7) is 0.806. The molecule has 0 aliphatic heterocycles. The molecule has 4 N–H and O–H groups in total. The number of nitrogens with one attached hydrogen (secondary N) is 2. The summed E-state index contributed by atoms with van der Waals surface area (Å²) in [5, 5.41) is 5.60. The Balaban J connectivity index is 1.77. The number of carbonyl (C=O) groups excluding carboxylic acids is 2. The van der Waals surface area contributed by atoms with E-state index in [4.69, 9.17) is 19.9 Å². The summed E-state index contributed by atoms with van der Waals surface area (Å²) in [5.41, 5.74) is 7.35. The number of carbonyl (C=O) groups is 2. The summed E-state index contributed by atoms with van der Waals surface area (Å²) in [7, 11) is 4.48. The number of rotatable bonds is 11. The number of hydrogen-bond acceptors (Lipinski definition) is 6. The van der Waals surface area contributed by atoms with E-state index in [0.717, 1.165) is 5.56 Å². The van der Waals surface area contributed by atoms with E-state index in [2.05, 4.69) is 10.6 Å². The third-order valence-corrected chi connectivity index (χ3v) is 4.50. The van der Waals surface area contributed by atoms with Crippen molar-refractivity contribution in [1.82, 2.24) is 10.6 Å². The minimum Gasteiger partial charge on any atom is -0.493 e. The molecule has 0 aromatic heterocycles. The van der Waals surface area contributed by atoms with Gasteiger partial charge in [0.2, 0.25) is 11.7 Å². The van der Waals surface area contributed by atoms with Crippen LogP contribution in [0.5, 0.6) is 17.2 Å². The van der Waals surface area contributed by atoms with Crippen LogP contribution in [-0.4, -0.2) is 52.3 Å². The molecule has 8 nitrogen and oxygen atoms in total. The summed E-state index contributed by atoms with van der Waals surface area (Å²) < 4.78 is 15.8. The highest BCUT2D eigenvalue weighted by molar-refractivity contribution is 5.95. The number of methoxy groups -OCH3 is 3. The van der Waals surface area contributed by atoms with Crippen LogP contribution in [0.15, 0.2) is 42.5 Å². The second-order valence-corrected chi connectivity index (χ2v) is 6.61. The van der Waals surface area contributed by atoms with Crippen LogP contribution in [0.25, 0.3) is 0 Å². The van der Waals surface area contributed by atoms with Crippen LogP contribution in [0.1, 0.15) is 22.3 Å². The van der Waals surface area contributed by atoms with Crippen LogP contribution in [0.4, 0.5) is 0 Å². The van der Waals surface area contributed by atoms with E-state index >= 15 is 0 Å². The van der Waals surface area contributed by atoms with E-state index in [-0.39, 0.29) is 11.8 Å². The van der Waals surface area contributed by atoms with Crippen molar-refractivity contribution in [3.05, 3.63) is 53.6 Å². The van der Waals surface area contributed by atoms with E-state index in [0.29, 0.717) is 48.7 Å². The average Bonchev–Trinajstić information content (AvgIpc) is 2.77. The molecule has 8 heteroatoms. The first-order valence-corrected chi connectivity index (χ1v) is 9.65. The smallest absolute Gasteiger partial charge is 0.251 e. The first-order chi connectivity index (χ1) is 14.5. The molecule has 0 bridgehead atoms. The van der Waals surface area contributed by atoms with Crippen LogP contribution in [-0.2, 0) is 11.2 Å². The Morgan fingerprint density at radius 1 is 0.933 bits per heavy atom. The maximum atomic E-state index is 12.4. The van der Waals surface area contributed by atoms with Gasteiger partial charge in [-0.15, -0.1) is 0 Å². The molecule has 162 valence electrons. The van der Waals surface area contributed by atoms with Crippen molar-refractivity contribution in [2.75, 3.05) is 34.4 Å². The third kappa shape index (κ3) is 6.38. The van der Waals surface area contributed by atoms with Crippen LogP contribution in [0.2, 0.25) is 0 Å². The Bertz CT molecular complexity index is 817. The van der Waals surface area contributed by atoms with Gasteiger partial charge in [-0.3, -0.25) is 9.59 Å². The van der Waals surface area contributed by atoms with Crippen molar-refractivity contribution in [3.63, 3.8) is 0 Å². The van der Waals surface area contributed by atoms with Gasteiger partial charge in [-0.2, -0.15) is 0 Å². The lowest BCUT2D eigenvalue weighted by Gasteiger charge is -2.14. The van der Waals surface area contributed by atoms with E-state index in [9.17, 15) is 9.59 Å². The SMILES string of the molecule is COc1cc(C(=O)NCCCNC(=O)C(N)Cc2ccccc2)cc(OC)c1OC. The molecule has 1 unspecified atom stereocenters. The molecule has 2 aromatic carbocycles. The van der Waals surface area contributed by atoms with E-state index in [1.165, 1.54) is 21.3 Å². The highest BCUT2D eigenvalue weighted by Crippen LogP contribution is 2.38. The molecule has 0 fully saturated rings. The highest BCUT2D eigenvalue weighted by Gasteiger charge is 2.17. The van der Waals surface area contributed by atoms with E-state index in [1.807, 2.05) is 30.3 Å². The van der Waals surface area contributed by atoms with Crippen LogP contribution in [0.3, 0.4) is 0 Å². The monoisotopic (exact) mass is 415 g/mol. The molecule has 30 heavy (non-hydrogen) atoms. The molecule has 0 aliphatic rings. The molecular formula is C22H29N3O5. The molecule has 1 atom stereocenters. The number of ether oxygens (including phenoxy) is 3. The van der Waals surface area contributed by atoms with Crippen molar-refractivity contribution in [2.24, 2.45) is 5.73 Å². The molecule has 0 aliphatic carbocycles. The average molecular weight is 415 g/mol. The Hall–Kier alpha value is -3.26. The predicted molar refractivity (Wildman–Crippen MR) is 114 cm³/mol. The zero-order chi connectivity index (χ0) is 21.9. The maximum Gasteiger partial charge on any atom is 0.251 e. The normalized spacial score (nSPS) is 11.3. The number of hydrogen-bond donors (Lipinski definition) is 3. The van der Waals surface area contributed by atoms with Gasteiger partial charge < -0.3 is 30.6 Å². The molecule has 2 rings (SSSR count). The predicted octanol–water partition coefficient (Wildman–Crippen LogP) is 1.52. The van der Waals surface area contributed by atoms with Crippen molar-refractivity contribution in [1.29, 1.82) is 0 Å². The molecule has 0 saturated carbocycles. The first-order valence-electron chi connectivity index (χ1n) is 9.65. The minimum atomic E-state index is -0.610. The van der Waals surface area contributed by atoms with Gasteiger partial charge in [-0.1, -0.05) is 30.3 Å². The zero-order valence-electron chi connectivity index (χ0n) is 17.6. The fourth-order valence-corrected chi connectivity index (χ4v) is 2.91. The van der Waals surface area contributed by atoms with Gasteiger partial charge in [0.1, 0.15) is 0 Å². The van der Waals surface area contributed by atoms with Crippen molar-refractivity contribution >= 4 is 11.8 Å². The van der Waals surface area contributed by atoms with Gasteiger partial charge in [-0.25, -0.2) is 0 Å². The summed E-state index contributed by atoms with van der Waals surface area (Å²) in [5.74, 6) is 0.741. The van der Waals surface area contributed by atoms with E-state index in [1.54, 1.807) is 12.1 Å². The van der Waals surface area contributed by atoms with Gasteiger partial charge in [-0.05, 0) is 30.5 Å². The Morgan fingerprint density at radius 2 is 1.53 bits per heavy atom. The number of benzene rings is 2. The number of amides is 2. The summed E-state index contributed by atoms with van der Waals surface area (Å²) in [6, 6.07) is 12.2. The standard InChI is InChI=1S/C22H29N3O5/c1-28-18-13-16(14-19(29-2)20(18)30-3)21(26)24-10-7-11-25-22(27)17(23)12-15-8-5-4-6-9-15/h4-6,8-9,13-14,17H,7,10-12,23H2,1-3H3,(H,24,26)(H,25,27). The molecule has 0 radical (unpaired) electrons. The Labute approximate surface area is 176 Å². The maximum absolute atomic E-state index is 12.4. The summed E-state index contributed by atoms with van der Waals surface area (Å²) >= 11 is 0. The minimum absolute atomic E-state index is 0.213. The summed E-state index contributed by atoms with van der Waals surface area (Å²) in [6.07, 6.45) is 1.05. The van der Waals surface area contributed by atoms with Crippen molar-refractivity contribution in [2.45, 2.75) is 18.9 Å². The van der Waals surface area contributed by atoms with Gasteiger partial charge in [0, 0.05) is 18.7 Å². The summed E-state index contributed by atoms with van der Waals surface area (Å²) in [4.78, 5) is 24.5. The molecule has 0 heterocycles. The molecule has 0 saturated heterocycles.